The quantitative estimate of drug-likeness (QED) is 0.662. The van der Waals surface area contributed by atoms with E-state index in [1.54, 1.807) is 12.1 Å². The van der Waals surface area contributed by atoms with Crippen LogP contribution in [0.3, 0.4) is 0 Å². The molecular formula is C22H23ClN2O3. The number of phenols is 1. The van der Waals surface area contributed by atoms with Gasteiger partial charge in [-0.1, -0.05) is 29.8 Å². The van der Waals surface area contributed by atoms with Crippen LogP contribution in [0.5, 0.6) is 11.5 Å². The van der Waals surface area contributed by atoms with Crippen LogP contribution in [0.2, 0.25) is 5.02 Å². The fourth-order valence-corrected chi connectivity index (χ4v) is 3.03. The van der Waals surface area contributed by atoms with E-state index >= 15 is 0 Å². The normalized spacial score (nSPS) is 13.2. The predicted molar refractivity (Wildman–Crippen MR) is 110 cm³/mol. The number of carbonyl (C=O) groups excluding carboxylic acids is 1. The first-order chi connectivity index (χ1) is 13.6. The van der Waals surface area contributed by atoms with Crippen molar-refractivity contribution in [3.8, 4) is 11.5 Å². The molecule has 0 atom stereocenters. The summed E-state index contributed by atoms with van der Waals surface area (Å²) in [5, 5.41) is 13.2. The van der Waals surface area contributed by atoms with Gasteiger partial charge in [-0.05, 0) is 48.9 Å². The molecule has 5 nitrogen and oxygen atoms in total. The molecule has 0 saturated heterocycles. The summed E-state index contributed by atoms with van der Waals surface area (Å²) in [6.45, 7) is 2.25. The summed E-state index contributed by atoms with van der Waals surface area (Å²) >= 11 is 5.92. The van der Waals surface area contributed by atoms with Crippen molar-refractivity contribution >= 4 is 17.5 Å². The second-order valence-corrected chi connectivity index (χ2v) is 6.92. The van der Waals surface area contributed by atoms with Crippen LogP contribution in [-0.4, -0.2) is 35.6 Å². The summed E-state index contributed by atoms with van der Waals surface area (Å²) in [5.41, 5.74) is 1.26. The Balaban J connectivity index is 1.38. The Kier molecular flexibility index (Phi) is 6.98. The van der Waals surface area contributed by atoms with E-state index in [4.69, 9.17) is 16.3 Å². The molecule has 0 bridgehead atoms. The molecule has 146 valence electrons. The van der Waals surface area contributed by atoms with Crippen molar-refractivity contribution < 1.29 is 14.6 Å². The molecule has 1 aliphatic rings. The number of phenolic OH excluding ortho intramolecular Hbond substituents is 1. The van der Waals surface area contributed by atoms with Crippen LogP contribution >= 0.6 is 11.6 Å². The third-order valence-electron chi connectivity index (χ3n) is 4.29. The first kappa shape index (κ1) is 19.8. The molecular weight excluding hydrogens is 376 g/mol. The molecule has 2 aromatic carbocycles. The van der Waals surface area contributed by atoms with Crippen LogP contribution < -0.4 is 10.1 Å². The Hall–Kier alpha value is -2.92. The molecule has 1 amide bonds. The summed E-state index contributed by atoms with van der Waals surface area (Å²) in [5.74, 6) is 0.752. The van der Waals surface area contributed by atoms with E-state index in [0.717, 1.165) is 31.0 Å². The third kappa shape index (κ3) is 6.06. The summed E-state index contributed by atoms with van der Waals surface area (Å²) in [4.78, 5) is 14.4. The van der Waals surface area contributed by atoms with Gasteiger partial charge in [0.25, 0.3) is 0 Å². The number of nitrogens with one attached hydrogen (secondary N) is 1. The Morgan fingerprint density at radius 1 is 1.21 bits per heavy atom. The zero-order chi connectivity index (χ0) is 19.8. The minimum atomic E-state index is -0.196. The number of carbonyl (C=O) groups is 1. The number of aromatic hydroxyl groups is 1. The highest BCUT2D eigenvalue weighted by atomic mass is 35.5. The Labute approximate surface area is 169 Å². The van der Waals surface area contributed by atoms with Crippen molar-refractivity contribution in [3.05, 3.63) is 83.2 Å². The topological polar surface area (TPSA) is 61.8 Å². The minimum Gasteiger partial charge on any atom is -0.508 e. The van der Waals surface area contributed by atoms with Gasteiger partial charge in [-0.25, -0.2) is 0 Å². The Morgan fingerprint density at radius 3 is 2.79 bits per heavy atom. The molecule has 3 rings (SSSR count). The van der Waals surface area contributed by atoms with Crippen LogP contribution in [0.4, 0.5) is 0 Å². The molecule has 0 aliphatic carbocycles. The fraction of sp³-hybridized carbons (Fsp3) is 0.227. The number of halogens is 1. The minimum absolute atomic E-state index is 0.0663. The van der Waals surface area contributed by atoms with E-state index in [0.29, 0.717) is 17.2 Å². The molecule has 0 unspecified atom stereocenters. The number of hydrogen-bond donors (Lipinski definition) is 2. The van der Waals surface area contributed by atoms with Crippen molar-refractivity contribution in [2.24, 2.45) is 0 Å². The van der Waals surface area contributed by atoms with Crippen molar-refractivity contribution in [1.82, 2.24) is 10.2 Å². The van der Waals surface area contributed by atoms with Gasteiger partial charge in [0.15, 0.2) is 0 Å². The van der Waals surface area contributed by atoms with Crippen LogP contribution in [0, 0.1) is 0 Å². The number of allylic oxidation sites excluding steroid dienone is 1. The van der Waals surface area contributed by atoms with Crippen molar-refractivity contribution in [3.63, 3.8) is 0 Å². The average Bonchev–Trinajstić information content (AvgIpc) is 2.70. The lowest BCUT2D eigenvalue weighted by molar-refractivity contribution is -0.119. The van der Waals surface area contributed by atoms with Crippen LogP contribution in [0.1, 0.15) is 12.0 Å². The molecule has 1 heterocycles. The maximum absolute atomic E-state index is 12.2. The lowest BCUT2D eigenvalue weighted by Crippen LogP contribution is -2.29. The van der Waals surface area contributed by atoms with E-state index in [-0.39, 0.29) is 18.1 Å². The highest BCUT2D eigenvalue weighted by Gasteiger charge is 2.11. The second-order valence-electron chi connectivity index (χ2n) is 6.48. The van der Waals surface area contributed by atoms with Gasteiger partial charge in [-0.3, -0.25) is 4.79 Å². The highest BCUT2D eigenvalue weighted by molar-refractivity contribution is 6.30. The number of nitrogens with zero attached hydrogens (tertiary/aromatic N) is 1. The molecule has 28 heavy (non-hydrogen) atoms. The van der Waals surface area contributed by atoms with E-state index in [1.807, 2.05) is 48.7 Å². The number of rotatable bonds is 8. The number of benzene rings is 2. The molecule has 0 spiro atoms. The lowest BCUT2D eigenvalue weighted by atomic mass is 10.1. The number of hydrogen-bond acceptors (Lipinski definition) is 4. The largest absolute Gasteiger partial charge is 0.508 e. The zero-order valence-corrected chi connectivity index (χ0v) is 16.2. The standard InChI is InChI=1S/C22H23ClN2O3/c23-18-7-8-21(26)17(15-18)16-22(27)24-19-9-12-25(13-10-19)11-4-14-28-20-5-2-1-3-6-20/h1-3,5-10,12,15,26H,4,11,13-14,16H2,(H,24,27). The fourth-order valence-electron chi connectivity index (χ4n) is 2.84. The van der Waals surface area contributed by atoms with Gasteiger partial charge in [0.1, 0.15) is 11.5 Å². The summed E-state index contributed by atoms with van der Waals surface area (Å²) in [6, 6.07) is 14.4. The molecule has 6 heteroatoms. The first-order valence-corrected chi connectivity index (χ1v) is 9.55. The van der Waals surface area contributed by atoms with Crippen molar-refractivity contribution in [2.75, 3.05) is 19.7 Å². The summed E-state index contributed by atoms with van der Waals surface area (Å²) in [6.07, 6.45) is 6.78. The van der Waals surface area contributed by atoms with Gasteiger partial charge in [0.05, 0.1) is 13.0 Å². The number of para-hydroxylation sites is 1. The van der Waals surface area contributed by atoms with Crippen LogP contribution in [0.15, 0.2) is 72.6 Å². The molecule has 0 fully saturated rings. The average molecular weight is 399 g/mol. The van der Waals surface area contributed by atoms with Gasteiger partial charge in [-0.15, -0.1) is 0 Å². The molecule has 0 radical (unpaired) electrons. The lowest BCUT2D eigenvalue weighted by Gasteiger charge is -2.23. The van der Waals surface area contributed by atoms with Crippen molar-refractivity contribution in [1.29, 1.82) is 0 Å². The summed E-state index contributed by atoms with van der Waals surface area (Å²) < 4.78 is 5.69. The molecule has 1 aliphatic heterocycles. The third-order valence-corrected chi connectivity index (χ3v) is 4.52. The number of ether oxygens (including phenoxy) is 1. The molecule has 0 aromatic heterocycles. The van der Waals surface area contributed by atoms with Gasteiger partial charge < -0.3 is 20.1 Å². The zero-order valence-electron chi connectivity index (χ0n) is 15.5. The van der Waals surface area contributed by atoms with Gasteiger partial charge in [0, 0.05) is 35.6 Å². The van der Waals surface area contributed by atoms with E-state index in [9.17, 15) is 9.90 Å². The Bertz CT molecular complexity index is 865. The van der Waals surface area contributed by atoms with E-state index in [2.05, 4.69) is 10.2 Å². The smallest absolute Gasteiger partial charge is 0.228 e. The monoisotopic (exact) mass is 398 g/mol. The number of amides is 1. The predicted octanol–water partition coefficient (Wildman–Crippen LogP) is 3.89. The van der Waals surface area contributed by atoms with Crippen molar-refractivity contribution in [2.45, 2.75) is 12.8 Å². The molecule has 2 N–H and O–H groups in total. The van der Waals surface area contributed by atoms with Gasteiger partial charge >= 0.3 is 0 Å². The van der Waals surface area contributed by atoms with E-state index in [1.165, 1.54) is 6.07 Å². The maximum atomic E-state index is 12.2. The van der Waals surface area contributed by atoms with Gasteiger partial charge in [0.2, 0.25) is 5.91 Å². The van der Waals surface area contributed by atoms with Crippen LogP contribution in [0.25, 0.3) is 0 Å². The maximum Gasteiger partial charge on any atom is 0.228 e. The Morgan fingerprint density at radius 2 is 2.04 bits per heavy atom. The van der Waals surface area contributed by atoms with E-state index < -0.39 is 0 Å². The highest BCUT2D eigenvalue weighted by Crippen LogP contribution is 2.22. The SMILES string of the molecule is O=C(Cc1cc(Cl)ccc1O)NC1=CCN(CCCOc2ccccc2)C=C1. The van der Waals surface area contributed by atoms with Crippen LogP contribution in [-0.2, 0) is 11.2 Å². The van der Waals surface area contributed by atoms with Gasteiger partial charge in [-0.2, -0.15) is 0 Å². The summed E-state index contributed by atoms with van der Waals surface area (Å²) in [7, 11) is 0. The second kappa shape index (κ2) is 9.85. The molecule has 2 aromatic rings. The first-order valence-electron chi connectivity index (χ1n) is 9.17. The molecule has 0 saturated carbocycles.